The average Bonchev–Trinajstić information content (AvgIpc) is 2.75. The van der Waals surface area contributed by atoms with Crippen LogP contribution in [0.5, 0.6) is 0 Å². The number of carbonyl (C=O) groups excluding carboxylic acids is 2. The summed E-state index contributed by atoms with van der Waals surface area (Å²) in [5, 5.41) is 6.76. The van der Waals surface area contributed by atoms with Crippen molar-refractivity contribution in [1.82, 2.24) is 15.3 Å². The third-order valence-corrected chi connectivity index (χ3v) is 8.26. The van der Waals surface area contributed by atoms with E-state index in [-0.39, 0.29) is 23.7 Å². The quantitative estimate of drug-likeness (QED) is 0.603. The van der Waals surface area contributed by atoms with Crippen LogP contribution in [0.25, 0.3) is 0 Å². The largest absolute Gasteiger partial charge is 0.355 e. The van der Waals surface area contributed by atoms with E-state index in [0.29, 0.717) is 11.7 Å². The van der Waals surface area contributed by atoms with E-state index in [1.54, 1.807) is 18.5 Å². The molecular weight excluding hydrogens is 420 g/mol. The van der Waals surface area contributed by atoms with Gasteiger partial charge in [-0.25, -0.2) is 9.97 Å². The maximum absolute atomic E-state index is 13.0. The first-order chi connectivity index (χ1) is 15.5. The van der Waals surface area contributed by atoms with Crippen LogP contribution in [0.3, 0.4) is 0 Å². The summed E-state index contributed by atoms with van der Waals surface area (Å²) in [5.74, 6) is 2.34. The van der Waals surface area contributed by atoms with Crippen molar-refractivity contribution in [2.24, 2.45) is 23.2 Å². The molecule has 6 nitrogen and oxygen atoms in total. The molecule has 0 radical (unpaired) electrons. The second-order valence-corrected chi connectivity index (χ2v) is 10.9. The highest BCUT2D eigenvalue weighted by atomic mass is 32.2. The number of aromatic nitrogens is 2. The number of nitrogens with zero attached hydrogens (tertiary/aromatic N) is 2. The average molecular weight is 451 g/mol. The van der Waals surface area contributed by atoms with Crippen molar-refractivity contribution in [3.8, 4) is 0 Å². The number of aryl methyl sites for hydroxylation is 1. The van der Waals surface area contributed by atoms with Crippen LogP contribution in [0.2, 0.25) is 0 Å². The van der Waals surface area contributed by atoms with Gasteiger partial charge < -0.3 is 10.6 Å². The molecule has 4 aliphatic carbocycles. The molecule has 0 spiro atoms. The third-order valence-electron chi connectivity index (χ3n) is 7.38. The van der Waals surface area contributed by atoms with Gasteiger partial charge in [0.15, 0.2) is 5.16 Å². The van der Waals surface area contributed by atoms with Crippen molar-refractivity contribution >= 4 is 29.3 Å². The Morgan fingerprint density at radius 1 is 1.06 bits per heavy atom. The van der Waals surface area contributed by atoms with Gasteiger partial charge in [0.1, 0.15) is 0 Å². The Labute approximate surface area is 193 Å². The van der Waals surface area contributed by atoms with Gasteiger partial charge in [0.05, 0.1) is 0 Å². The van der Waals surface area contributed by atoms with Crippen molar-refractivity contribution in [2.75, 3.05) is 11.9 Å². The standard InChI is InChI=1S/C25H30N4O2S/c1-16-9-20(32-24-27-6-2-7-28-24)3-4-21(16)29-22(30)5-8-26-23(31)25-13-17-10-18(14-25)12-19(11-17)15-25/h2-4,6-7,9,17-19H,5,8,10-15H2,1H3,(H,26,31)(H,29,30). The number of carbonyl (C=O) groups is 2. The summed E-state index contributed by atoms with van der Waals surface area (Å²) >= 11 is 1.49. The monoisotopic (exact) mass is 450 g/mol. The minimum atomic E-state index is -0.155. The Morgan fingerprint density at radius 2 is 1.72 bits per heavy atom. The Bertz CT molecular complexity index is 975. The topological polar surface area (TPSA) is 84.0 Å². The van der Waals surface area contributed by atoms with Gasteiger partial charge in [-0.2, -0.15) is 0 Å². The molecule has 1 aromatic heterocycles. The first-order valence-corrected chi connectivity index (χ1v) is 12.4. The smallest absolute Gasteiger partial charge is 0.226 e. The zero-order valence-electron chi connectivity index (χ0n) is 18.5. The van der Waals surface area contributed by atoms with Crippen molar-refractivity contribution in [3.63, 3.8) is 0 Å². The molecule has 1 aromatic carbocycles. The number of anilines is 1. The summed E-state index contributed by atoms with van der Waals surface area (Å²) in [6.45, 7) is 2.37. The van der Waals surface area contributed by atoms with E-state index in [4.69, 9.17) is 0 Å². The molecule has 2 amide bonds. The van der Waals surface area contributed by atoms with Gasteiger partial charge in [-0.05, 0) is 105 Å². The highest BCUT2D eigenvalue weighted by Crippen LogP contribution is 2.60. The van der Waals surface area contributed by atoms with Crippen LogP contribution in [0.4, 0.5) is 5.69 Å². The van der Waals surface area contributed by atoms with E-state index >= 15 is 0 Å². The normalized spacial score (nSPS) is 27.8. The highest BCUT2D eigenvalue weighted by Gasteiger charge is 2.54. The number of amides is 2. The molecule has 0 saturated heterocycles. The SMILES string of the molecule is Cc1cc(Sc2ncccn2)ccc1NC(=O)CCNC(=O)C12CC3CC(CC(C3)C1)C2. The molecule has 4 aliphatic rings. The molecule has 4 saturated carbocycles. The van der Waals surface area contributed by atoms with Crippen LogP contribution < -0.4 is 10.6 Å². The fourth-order valence-corrected chi connectivity index (χ4v) is 7.17. The lowest BCUT2D eigenvalue weighted by Gasteiger charge is -2.55. The Morgan fingerprint density at radius 3 is 2.34 bits per heavy atom. The van der Waals surface area contributed by atoms with Crippen LogP contribution in [-0.4, -0.2) is 28.3 Å². The molecule has 0 unspecified atom stereocenters. The summed E-state index contributed by atoms with van der Waals surface area (Å²) in [4.78, 5) is 35.0. The van der Waals surface area contributed by atoms with Crippen molar-refractivity contribution in [3.05, 3.63) is 42.2 Å². The first kappa shape index (κ1) is 21.4. The predicted octanol–water partition coefficient (Wildman–Crippen LogP) is 4.60. The van der Waals surface area contributed by atoms with Crippen molar-refractivity contribution in [1.29, 1.82) is 0 Å². The van der Waals surface area contributed by atoms with Crippen LogP contribution in [0.15, 0.2) is 46.7 Å². The summed E-state index contributed by atoms with van der Waals surface area (Å²) in [5.41, 5.74) is 1.62. The summed E-state index contributed by atoms with van der Waals surface area (Å²) in [6.07, 6.45) is 10.8. The van der Waals surface area contributed by atoms with Gasteiger partial charge in [-0.1, -0.05) is 0 Å². The molecule has 32 heavy (non-hydrogen) atoms. The maximum Gasteiger partial charge on any atom is 0.226 e. The van der Waals surface area contributed by atoms with Gasteiger partial charge in [0.25, 0.3) is 0 Å². The van der Waals surface area contributed by atoms with E-state index in [1.807, 2.05) is 25.1 Å². The molecule has 0 aliphatic heterocycles. The molecule has 2 N–H and O–H groups in total. The van der Waals surface area contributed by atoms with Gasteiger partial charge in [0, 0.05) is 41.4 Å². The van der Waals surface area contributed by atoms with Crippen molar-refractivity contribution < 1.29 is 9.59 Å². The summed E-state index contributed by atoms with van der Waals surface area (Å²) < 4.78 is 0. The first-order valence-electron chi connectivity index (χ1n) is 11.6. The number of hydrogen-bond acceptors (Lipinski definition) is 5. The minimum Gasteiger partial charge on any atom is -0.355 e. The number of benzene rings is 1. The van der Waals surface area contributed by atoms with Gasteiger partial charge in [-0.3, -0.25) is 9.59 Å². The zero-order chi connectivity index (χ0) is 22.1. The lowest BCUT2D eigenvalue weighted by Crippen LogP contribution is -2.53. The third kappa shape index (κ3) is 4.53. The van der Waals surface area contributed by atoms with Crippen LogP contribution in [0, 0.1) is 30.1 Å². The second-order valence-electron chi connectivity index (χ2n) is 9.86. The van der Waals surface area contributed by atoms with Gasteiger partial charge in [-0.15, -0.1) is 0 Å². The minimum absolute atomic E-state index is 0.0780. The molecule has 4 bridgehead atoms. The number of rotatable bonds is 7. The predicted molar refractivity (Wildman–Crippen MR) is 124 cm³/mol. The Balaban J connectivity index is 1.11. The molecular formula is C25H30N4O2S. The molecule has 4 fully saturated rings. The lowest BCUT2D eigenvalue weighted by molar-refractivity contribution is -0.146. The van der Waals surface area contributed by atoms with Crippen LogP contribution in [-0.2, 0) is 9.59 Å². The van der Waals surface area contributed by atoms with E-state index in [9.17, 15) is 9.59 Å². The van der Waals surface area contributed by atoms with Crippen molar-refractivity contribution in [2.45, 2.75) is 61.9 Å². The van der Waals surface area contributed by atoms with Gasteiger partial charge >= 0.3 is 0 Å². The number of hydrogen-bond donors (Lipinski definition) is 2. The highest BCUT2D eigenvalue weighted by molar-refractivity contribution is 7.99. The van der Waals surface area contributed by atoms with E-state index in [2.05, 4.69) is 20.6 Å². The molecule has 6 rings (SSSR count). The molecule has 1 heterocycles. The Hall–Kier alpha value is -2.41. The molecule has 7 heteroatoms. The maximum atomic E-state index is 13.0. The van der Waals surface area contributed by atoms with E-state index in [1.165, 1.54) is 31.0 Å². The lowest BCUT2D eigenvalue weighted by atomic mass is 9.49. The fourth-order valence-electron chi connectivity index (χ4n) is 6.36. The molecule has 2 aromatic rings. The fraction of sp³-hybridized carbons (Fsp3) is 0.520. The summed E-state index contributed by atoms with van der Waals surface area (Å²) in [7, 11) is 0. The van der Waals surface area contributed by atoms with E-state index in [0.717, 1.165) is 53.2 Å². The zero-order valence-corrected chi connectivity index (χ0v) is 19.3. The molecule has 0 atom stereocenters. The Kier molecular flexibility index (Phi) is 5.93. The summed E-state index contributed by atoms with van der Waals surface area (Å²) in [6, 6.07) is 7.68. The van der Waals surface area contributed by atoms with Crippen LogP contribution >= 0.6 is 11.8 Å². The number of nitrogens with one attached hydrogen (secondary N) is 2. The van der Waals surface area contributed by atoms with E-state index < -0.39 is 0 Å². The van der Waals surface area contributed by atoms with Crippen LogP contribution in [0.1, 0.15) is 50.5 Å². The van der Waals surface area contributed by atoms with Gasteiger partial charge in [0.2, 0.25) is 11.8 Å². The second kappa shape index (κ2) is 8.85. The molecule has 168 valence electrons.